The molecule has 0 atom stereocenters. The zero-order chi connectivity index (χ0) is 40.5. The minimum atomic E-state index is 0.696. The van der Waals surface area contributed by atoms with Crippen molar-refractivity contribution in [1.29, 1.82) is 0 Å². The Morgan fingerprint density at radius 1 is 0.344 bits per heavy atom. The zero-order valence-corrected chi connectivity index (χ0v) is 33.7. The van der Waals surface area contributed by atoms with E-state index in [0.717, 1.165) is 83.4 Å². The molecule has 0 aliphatic heterocycles. The summed E-state index contributed by atoms with van der Waals surface area (Å²) in [7, 11) is 0. The second-order valence-electron chi connectivity index (χ2n) is 14.9. The number of hydrogen-bond acceptors (Lipinski definition) is 6. The largest absolute Gasteiger partial charge is 0.265 e. The standard InChI is InChI=1S/C55H35N5S/c1-3-9-36(10-4-1)37-15-21-40(22-16-37)48-35-49(60-55(59-48)45-11-5-2-6-12-45)41-23-17-38(18-24-41)39-19-25-43(26-20-39)52-51-50(42-27-31-56-32-28-42)53(44-29-33-57-34-30-44)61-54(51)46-13-7-8-14-47(46)58-52/h1-35H. The van der Waals surface area contributed by atoms with Crippen LogP contribution in [0.5, 0.6) is 0 Å². The van der Waals surface area contributed by atoms with E-state index in [1.165, 1.54) is 20.7 Å². The maximum absolute atomic E-state index is 5.36. The maximum Gasteiger partial charge on any atom is 0.160 e. The molecule has 0 amide bonds. The summed E-state index contributed by atoms with van der Waals surface area (Å²) in [6, 6.07) is 65.6. The third-order valence-corrected chi connectivity index (χ3v) is 12.4. The second-order valence-corrected chi connectivity index (χ2v) is 15.9. The first kappa shape index (κ1) is 36.2. The molecule has 6 heteroatoms. The first-order valence-electron chi connectivity index (χ1n) is 20.2. The van der Waals surface area contributed by atoms with Gasteiger partial charge in [-0.15, -0.1) is 11.3 Å². The second kappa shape index (κ2) is 15.7. The van der Waals surface area contributed by atoms with E-state index in [1.807, 2.05) is 60.4 Å². The molecule has 0 spiro atoms. The van der Waals surface area contributed by atoms with Crippen LogP contribution in [0.4, 0.5) is 0 Å². The van der Waals surface area contributed by atoms with Gasteiger partial charge in [-0.2, -0.15) is 0 Å². The van der Waals surface area contributed by atoms with Gasteiger partial charge in [0.25, 0.3) is 0 Å². The fourth-order valence-corrected chi connectivity index (χ4v) is 9.44. The van der Waals surface area contributed by atoms with Crippen molar-refractivity contribution in [2.75, 3.05) is 0 Å². The lowest BCUT2D eigenvalue weighted by molar-refractivity contribution is 1.18. The highest BCUT2D eigenvalue weighted by Crippen LogP contribution is 2.50. The molecule has 0 radical (unpaired) electrons. The van der Waals surface area contributed by atoms with Gasteiger partial charge in [0.2, 0.25) is 0 Å². The highest BCUT2D eigenvalue weighted by molar-refractivity contribution is 7.24. The number of hydrogen-bond donors (Lipinski definition) is 0. The molecule has 5 heterocycles. The van der Waals surface area contributed by atoms with Gasteiger partial charge in [-0.3, -0.25) is 9.97 Å². The summed E-state index contributed by atoms with van der Waals surface area (Å²) in [5, 5.41) is 2.29. The van der Waals surface area contributed by atoms with Gasteiger partial charge in [0.1, 0.15) is 0 Å². The van der Waals surface area contributed by atoms with Crippen molar-refractivity contribution in [3.63, 3.8) is 0 Å². The molecule has 11 aromatic rings. The van der Waals surface area contributed by atoms with Crippen molar-refractivity contribution in [3.8, 4) is 89.0 Å². The van der Waals surface area contributed by atoms with Crippen LogP contribution < -0.4 is 0 Å². The molecule has 0 fully saturated rings. The summed E-state index contributed by atoms with van der Waals surface area (Å²) in [5.74, 6) is 0.696. The normalized spacial score (nSPS) is 11.3. The van der Waals surface area contributed by atoms with Gasteiger partial charge in [-0.1, -0.05) is 152 Å². The number of pyridine rings is 3. The molecule has 286 valence electrons. The molecular formula is C55H35N5S. The summed E-state index contributed by atoms with van der Waals surface area (Å²) in [6.45, 7) is 0. The van der Waals surface area contributed by atoms with Crippen LogP contribution in [0.2, 0.25) is 0 Å². The smallest absolute Gasteiger partial charge is 0.160 e. The molecule has 0 N–H and O–H groups in total. The van der Waals surface area contributed by atoms with Crippen LogP contribution in [0, 0.1) is 0 Å². The third-order valence-electron chi connectivity index (χ3n) is 11.2. The van der Waals surface area contributed by atoms with E-state index in [9.17, 15) is 0 Å². The van der Waals surface area contributed by atoms with Gasteiger partial charge in [-0.05, 0) is 69.8 Å². The Labute approximate surface area is 357 Å². The van der Waals surface area contributed by atoms with Crippen molar-refractivity contribution < 1.29 is 0 Å². The lowest BCUT2D eigenvalue weighted by Gasteiger charge is -2.12. The molecular weight excluding hydrogens is 763 g/mol. The van der Waals surface area contributed by atoms with Crippen molar-refractivity contribution in [2.45, 2.75) is 0 Å². The fraction of sp³-hybridized carbons (Fsp3) is 0. The molecule has 0 saturated carbocycles. The lowest BCUT2D eigenvalue weighted by Crippen LogP contribution is -1.96. The summed E-state index contributed by atoms with van der Waals surface area (Å²) in [6.07, 6.45) is 7.44. The summed E-state index contributed by atoms with van der Waals surface area (Å²) in [4.78, 5) is 25.3. The van der Waals surface area contributed by atoms with Crippen LogP contribution >= 0.6 is 11.3 Å². The van der Waals surface area contributed by atoms with E-state index in [1.54, 1.807) is 0 Å². The lowest BCUT2D eigenvalue weighted by atomic mass is 9.94. The van der Waals surface area contributed by atoms with Crippen molar-refractivity contribution >= 4 is 32.3 Å². The molecule has 5 nitrogen and oxygen atoms in total. The van der Waals surface area contributed by atoms with Crippen LogP contribution in [0.1, 0.15) is 0 Å². The van der Waals surface area contributed by atoms with E-state index in [-0.39, 0.29) is 0 Å². The van der Waals surface area contributed by atoms with Crippen LogP contribution in [-0.2, 0) is 0 Å². The summed E-state index contributed by atoms with van der Waals surface area (Å²) < 4.78 is 1.21. The average Bonchev–Trinajstić information content (AvgIpc) is 3.76. The first-order valence-corrected chi connectivity index (χ1v) is 21.0. The SMILES string of the molecule is c1ccc(-c2ccc(-c3cc(-c4ccc(-c5ccc(-c6nc7ccccc7c7sc(-c8ccncc8)c(-c8ccncc8)c67)cc5)cc4)nc(-c4ccccc4)n3)cc2)cc1. The third kappa shape index (κ3) is 6.95. The zero-order valence-electron chi connectivity index (χ0n) is 32.9. The first-order chi connectivity index (χ1) is 30.2. The minimum absolute atomic E-state index is 0.696. The number of nitrogens with zero attached hydrogens (tertiary/aromatic N) is 5. The number of thiophene rings is 1. The molecule has 6 aromatic carbocycles. The average molecular weight is 798 g/mol. The van der Waals surface area contributed by atoms with Crippen LogP contribution in [0.3, 0.4) is 0 Å². The highest BCUT2D eigenvalue weighted by atomic mass is 32.1. The van der Waals surface area contributed by atoms with Crippen LogP contribution in [0.15, 0.2) is 213 Å². The maximum atomic E-state index is 5.36. The van der Waals surface area contributed by atoms with E-state index in [0.29, 0.717) is 5.82 Å². The van der Waals surface area contributed by atoms with Crippen molar-refractivity contribution in [3.05, 3.63) is 213 Å². The molecule has 0 bridgehead atoms. The number of rotatable bonds is 8. The molecule has 61 heavy (non-hydrogen) atoms. The van der Waals surface area contributed by atoms with Gasteiger partial charge in [-0.25, -0.2) is 15.0 Å². The van der Waals surface area contributed by atoms with Gasteiger partial charge in [0, 0.05) is 73.0 Å². The summed E-state index contributed by atoms with van der Waals surface area (Å²) in [5.41, 5.74) is 15.8. The Kier molecular flexibility index (Phi) is 9.30. The number of benzene rings is 6. The number of aromatic nitrogens is 5. The van der Waals surface area contributed by atoms with Crippen molar-refractivity contribution in [1.82, 2.24) is 24.9 Å². The van der Waals surface area contributed by atoms with Crippen LogP contribution in [0.25, 0.3) is 110 Å². The van der Waals surface area contributed by atoms with Crippen LogP contribution in [-0.4, -0.2) is 24.9 Å². The Morgan fingerprint density at radius 2 is 0.803 bits per heavy atom. The fourth-order valence-electron chi connectivity index (χ4n) is 8.07. The predicted octanol–water partition coefficient (Wildman–Crippen LogP) is 14.4. The number of fused-ring (bicyclic) bond motifs is 3. The molecule has 0 aliphatic rings. The van der Waals surface area contributed by atoms with Gasteiger partial charge >= 0.3 is 0 Å². The molecule has 11 rings (SSSR count). The van der Waals surface area contributed by atoms with Gasteiger partial charge in [0.05, 0.1) is 22.6 Å². The van der Waals surface area contributed by atoms with E-state index >= 15 is 0 Å². The molecule has 0 aliphatic carbocycles. The van der Waals surface area contributed by atoms with Crippen molar-refractivity contribution in [2.24, 2.45) is 0 Å². The van der Waals surface area contributed by atoms with E-state index in [2.05, 4.69) is 174 Å². The summed E-state index contributed by atoms with van der Waals surface area (Å²) >= 11 is 1.81. The molecule has 0 unspecified atom stereocenters. The quantitative estimate of drug-likeness (QED) is 0.153. The van der Waals surface area contributed by atoms with Gasteiger partial charge in [0.15, 0.2) is 5.82 Å². The Hall–Kier alpha value is -7.93. The molecule has 5 aromatic heterocycles. The number of para-hydroxylation sites is 1. The topological polar surface area (TPSA) is 64.5 Å². The predicted molar refractivity (Wildman–Crippen MR) is 252 cm³/mol. The highest BCUT2D eigenvalue weighted by Gasteiger charge is 2.23. The van der Waals surface area contributed by atoms with E-state index in [4.69, 9.17) is 15.0 Å². The Balaban J connectivity index is 0.963. The Bertz CT molecular complexity index is 3300. The molecule has 0 saturated heterocycles. The monoisotopic (exact) mass is 797 g/mol. The Morgan fingerprint density at radius 3 is 1.38 bits per heavy atom. The van der Waals surface area contributed by atoms with E-state index < -0.39 is 0 Å². The van der Waals surface area contributed by atoms with Gasteiger partial charge < -0.3 is 0 Å². The minimum Gasteiger partial charge on any atom is -0.265 e.